The normalized spacial score (nSPS) is 14.0. The molecule has 64 heavy (non-hydrogen) atoms. The molecule has 0 bridgehead atoms. The number of hydrogen-bond donors (Lipinski definition) is 2. The zero-order valence-electron chi connectivity index (χ0n) is 41.2. The molecule has 2 atom stereocenters. The van der Waals surface area contributed by atoms with E-state index in [0.717, 1.165) is 83.5 Å². The van der Waals surface area contributed by atoms with Crippen molar-refractivity contribution in [3.05, 3.63) is 85.1 Å². The number of hydrogen-bond acceptors (Lipinski definition) is 7. The van der Waals surface area contributed by atoms with Crippen molar-refractivity contribution in [1.29, 1.82) is 0 Å². The van der Waals surface area contributed by atoms with Gasteiger partial charge in [0.1, 0.15) is 6.10 Å². The Hall–Kier alpha value is -2.32. The Bertz CT molecular complexity index is 1260. The monoisotopic (exact) mass is 916 g/mol. The van der Waals surface area contributed by atoms with Crippen LogP contribution in [0.25, 0.3) is 0 Å². The summed E-state index contributed by atoms with van der Waals surface area (Å²) in [7, 11) is -4.29. The Balaban J connectivity index is 3.99. The van der Waals surface area contributed by atoms with Gasteiger partial charge in [0.25, 0.3) is 0 Å². The van der Waals surface area contributed by atoms with E-state index in [1.165, 1.54) is 116 Å². The minimum absolute atomic E-state index is 0.0938. The van der Waals surface area contributed by atoms with Crippen LogP contribution in [-0.4, -0.2) is 49.9 Å². The van der Waals surface area contributed by atoms with E-state index >= 15 is 0 Å². The van der Waals surface area contributed by atoms with Crippen molar-refractivity contribution >= 4 is 13.8 Å². The Morgan fingerprint density at radius 3 is 1.31 bits per heavy atom. The van der Waals surface area contributed by atoms with Gasteiger partial charge in [0.2, 0.25) is 0 Å². The predicted octanol–water partition coefficient (Wildman–Crippen LogP) is 16.4. The van der Waals surface area contributed by atoms with Crippen LogP contribution in [0.15, 0.2) is 85.1 Å². The highest BCUT2D eigenvalue weighted by Crippen LogP contribution is 2.43. The average molecular weight is 916 g/mol. The highest BCUT2D eigenvalue weighted by Gasteiger charge is 2.25. The molecule has 0 spiro atoms. The zero-order chi connectivity index (χ0) is 46.5. The summed E-state index contributed by atoms with van der Waals surface area (Å²) in [4.78, 5) is 22.6. The van der Waals surface area contributed by atoms with Crippen LogP contribution in [0, 0.1) is 0 Å². The fourth-order valence-electron chi connectivity index (χ4n) is 7.00. The lowest BCUT2D eigenvalue weighted by Crippen LogP contribution is -2.28. The van der Waals surface area contributed by atoms with E-state index in [1.54, 1.807) is 0 Å². The van der Waals surface area contributed by atoms with Gasteiger partial charge in [-0.25, -0.2) is 4.57 Å². The lowest BCUT2D eigenvalue weighted by Gasteiger charge is -2.20. The molecular formula is C55H98NO7P. The van der Waals surface area contributed by atoms with Crippen LogP contribution in [0.4, 0.5) is 0 Å². The second kappa shape index (κ2) is 51.7. The van der Waals surface area contributed by atoms with Crippen LogP contribution in [0.5, 0.6) is 0 Å². The van der Waals surface area contributed by atoms with Crippen LogP contribution in [-0.2, 0) is 27.9 Å². The topological polar surface area (TPSA) is 117 Å². The van der Waals surface area contributed by atoms with Crippen LogP contribution in [0.3, 0.4) is 0 Å². The largest absolute Gasteiger partial charge is 0.472 e. The van der Waals surface area contributed by atoms with Gasteiger partial charge in [-0.2, -0.15) is 0 Å². The molecule has 0 aromatic heterocycles. The fraction of sp³-hybridized carbons (Fsp3) is 0.727. The molecule has 0 saturated carbocycles. The number of carbonyl (C=O) groups is 1. The molecule has 2 unspecified atom stereocenters. The first-order valence-corrected chi connectivity index (χ1v) is 27.6. The highest BCUT2D eigenvalue weighted by molar-refractivity contribution is 7.47. The van der Waals surface area contributed by atoms with Crippen molar-refractivity contribution < 1.29 is 32.8 Å². The van der Waals surface area contributed by atoms with Crippen LogP contribution in [0.1, 0.15) is 219 Å². The number of rotatable bonds is 49. The van der Waals surface area contributed by atoms with Crippen molar-refractivity contribution in [3.63, 3.8) is 0 Å². The summed E-state index contributed by atoms with van der Waals surface area (Å²) in [6, 6.07) is 0. The lowest BCUT2D eigenvalue weighted by molar-refractivity contribution is -0.154. The molecule has 3 N–H and O–H groups in total. The van der Waals surface area contributed by atoms with Gasteiger partial charge in [-0.1, -0.05) is 208 Å². The number of ether oxygens (including phenoxy) is 2. The number of phosphoric ester groups is 1. The summed E-state index contributed by atoms with van der Waals surface area (Å²) in [6.45, 7) is 4.78. The summed E-state index contributed by atoms with van der Waals surface area (Å²) >= 11 is 0. The standard InChI is InChI=1S/C55H98NO7P/c1-3-5-7-9-11-13-15-17-19-21-23-25-27-28-30-32-34-36-38-40-42-44-46-48-55(57)63-54(53-62-64(58,59)61-51-49-56)52-60-50-47-45-43-41-39-37-35-33-31-29-26-24-22-20-18-16-14-12-10-8-6-4-2/h5,7,11,13,16-19,22-25,28,30,54H,3-4,6,8-10,12,14-15,20-21,26-27,29,31-53,56H2,1-2H3,(H,58,59)/b7-5-,13-11-,18-16-,19-17-,24-22-,25-23-,30-28-. The van der Waals surface area contributed by atoms with E-state index in [2.05, 4.69) is 98.9 Å². The van der Waals surface area contributed by atoms with Crippen molar-refractivity contribution in [2.75, 3.05) is 33.0 Å². The lowest BCUT2D eigenvalue weighted by atomic mass is 10.1. The van der Waals surface area contributed by atoms with Gasteiger partial charge in [0.15, 0.2) is 0 Å². The number of unbranched alkanes of at least 4 members (excludes halogenated alkanes) is 22. The maximum Gasteiger partial charge on any atom is 0.472 e. The fourth-order valence-corrected chi connectivity index (χ4v) is 7.76. The van der Waals surface area contributed by atoms with Crippen molar-refractivity contribution in [2.24, 2.45) is 5.73 Å². The molecule has 0 fully saturated rings. The Labute approximate surface area is 394 Å². The number of carbonyl (C=O) groups excluding carboxylic acids is 1. The summed E-state index contributed by atoms with van der Waals surface area (Å²) < 4.78 is 33.6. The Kier molecular flexibility index (Phi) is 49.8. The summed E-state index contributed by atoms with van der Waals surface area (Å²) in [5.74, 6) is -0.344. The Morgan fingerprint density at radius 1 is 0.484 bits per heavy atom. The van der Waals surface area contributed by atoms with Gasteiger partial charge < -0.3 is 20.1 Å². The molecule has 0 radical (unpaired) electrons. The second-order valence-corrected chi connectivity index (χ2v) is 18.5. The number of esters is 1. The third-order valence-electron chi connectivity index (χ3n) is 10.8. The maximum absolute atomic E-state index is 12.7. The first kappa shape index (κ1) is 61.7. The molecule has 0 aromatic carbocycles. The van der Waals surface area contributed by atoms with Crippen LogP contribution >= 0.6 is 7.82 Å². The first-order chi connectivity index (χ1) is 31.4. The molecular weight excluding hydrogens is 818 g/mol. The molecule has 9 heteroatoms. The van der Waals surface area contributed by atoms with Crippen LogP contribution in [0.2, 0.25) is 0 Å². The summed E-state index contributed by atoms with van der Waals surface area (Å²) in [6.07, 6.45) is 67.5. The van der Waals surface area contributed by atoms with Crippen LogP contribution < -0.4 is 5.73 Å². The maximum atomic E-state index is 12.7. The van der Waals surface area contributed by atoms with Gasteiger partial charge in [-0.05, 0) is 89.9 Å². The second-order valence-electron chi connectivity index (χ2n) is 17.0. The number of allylic oxidation sites excluding steroid dienone is 14. The van der Waals surface area contributed by atoms with Gasteiger partial charge >= 0.3 is 13.8 Å². The summed E-state index contributed by atoms with van der Waals surface area (Å²) in [5.41, 5.74) is 5.39. The molecule has 0 saturated heterocycles. The third-order valence-corrected chi connectivity index (χ3v) is 11.8. The molecule has 370 valence electrons. The van der Waals surface area contributed by atoms with E-state index < -0.39 is 13.9 Å². The van der Waals surface area contributed by atoms with Gasteiger partial charge in [-0.15, -0.1) is 0 Å². The minimum atomic E-state index is -4.29. The van der Waals surface area contributed by atoms with Crippen molar-refractivity contribution in [1.82, 2.24) is 0 Å². The van der Waals surface area contributed by atoms with Gasteiger partial charge in [-0.3, -0.25) is 13.8 Å². The van der Waals surface area contributed by atoms with E-state index in [9.17, 15) is 14.3 Å². The molecule has 0 aliphatic rings. The molecule has 0 rings (SSSR count). The van der Waals surface area contributed by atoms with E-state index in [-0.39, 0.29) is 32.3 Å². The molecule has 0 aliphatic heterocycles. The first-order valence-electron chi connectivity index (χ1n) is 26.1. The molecule has 8 nitrogen and oxygen atoms in total. The minimum Gasteiger partial charge on any atom is -0.457 e. The van der Waals surface area contributed by atoms with Crippen molar-refractivity contribution in [2.45, 2.75) is 225 Å². The Morgan fingerprint density at radius 2 is 0.875 bits per heavy atom. The molecule has 0 aromatic rings. The molecule has 0 amide bonds. The average Bonchev–Trinajstić information content (AvgIpc) is 3.29. The predicted molar refractivity (Wildman–Crippen MR) is 275 cm³/mol. The van der Waals surface area contributed by atoms with Crippen molar-refractivity contribution in [3.8, 4) is 0 Å². The van der Waals surface area contributed by atoms with E-state index in [1.807, 2.05) is 0 Å². The van der Waals surface area contributed by atoms with E-state index in [4.69, 9.17) is 24.3 Å². The number of nitrogens with two attached hydrogens (primary N) is 1. The quantitative estimate of drug-likeness (QED) is 0.0268. The summed E-state index contributed by atoms with van der Waals surface area (Å²) in [5, 5.41) is 0. The number of phosphoric acid groups is 1. The highest BCUT2D eigenvalue weighted by atomic mass is 31.2. The van der Waals surface area contributed by atoms with E-state index in [0.29, 0.717) is 13.0 Å². The molecule has 0 aliphatic carbocycles. The third kappa shape index (κ3) is 50.7. The van der Waals surface area contributed by atoms with Gasteiger partial charge in [0.05, 0.1) is 19.8 Å². The smallest absolute Gasteiger partial charge is 0.457 e. The van der Waals surface area contributed by atoms with Gasteiger partial charge in [0, 0.05) is 19.6 Å². The zero-order valence-corrected chi connectivity index (χ0v) is 42.1. The SMILES string of the molecule is CC/C=C\C/C=C\C/C=C\C/C=C\C/C=C\CCCCCCCCCC(=O)OC(COCCCCCCCCCCCC/C=C\C/C=C\CCCCCCC)COP(=O)(O)OCCN. The molecule has 0 heterocycles.